The molecule has 10 nitrogen and oxygen atoms in total. The molecule has 0 atom stereocenters. The molecule has 17 heteroatoms. The van der Waals surface area contributed by atoms with Crippen LogP contribution in [0.1, 0.15) is 78.8 Å². The van der Waals surface area contributed by atoms with E-state index in [-0.39, 0.29) is 76.1 Å². The van der Waals surface area contributed by atoms with Crippen molar-refractivity contribution in [1.82, 2.24) is 4.90 Å². The Hall–Kier alpha value is -6.51. The number of nitrogens with one attached hydrogen (secondary N) is 2. The van der Waals surface area contributed by atoms with Crippen LogP contribution in [0.25, 0.3) is 22.3 Å². The number of carbonyl (C=O) groups is 6. The molecule has 316 valence electrons. The molecule has 63 heavy (non-hydrogen) atoms. The van der Waals surface area contributed by atoms with E-state index in [4.69, 9.17) is 46.4 Å². The van der Waals surface area contributed by atoms with Crippen LogP contribution in [0.5, 0.6) is 0 Å². The molecule has 0 aromatic heterocycles. The van der Waals surface area contributed by atoms with Crippen LogP contribution in [0.3, 0.4) is 0 Å². The Labute approximate surface area is 376 Å². The molecule has 0 spiro atoms. The largest absolute Gasteiger partial charge is 0.417 e. The van der Waals surface area contributed by atoms with E-state index >= 15 is 0 Å². The molecule has 2 heterocycles. The lowest BCUT2D eigenvalue weighted by molar-refractivity contribution is -0.137. The highest BCUT2D eigenvalue weighted by Crippen LogP contribution is 2.44. The van der Waals surface area contributed by atoms with Gasteiger partial charge in [0.1, 0.15) is 0 Å². The van der Waals surface area contributed by atoms with Crippen LogP contribution in [0.15, 0.2) is 97.1 Å². The number of alkyl halides is 3. The number of aryl methyl sites for hydroxylation is 2. The molecule has 0 bridgehead atoms. The summed E-state index contributed by atoms with van der Waals surface area (Å²) in [5, 5.41) is 5.48. The number of nitrogens with zero attached hydrogens (tertiary/aromatic N) is 2. The lowest BCUT2D eigenvalue weighted by Gasteiger charge is -2.20. The average Bonchev–Trinajstić information content (AvgIpc) is 3.61. The summed E-state index contributed by atoms with van der Waals surface area (Å²) < 4.78 is 43.4. The second kappa shape index (κ2) is 16.0. The number of imide groups is 2. The Morgan fingerprint density at radius 3 is 1.49 bits per heavy atom. The van der Waals surface area contributed by atoms with E-state index in [9.17, 15) is 41.9 Å². The summed E-state index contributed by atoms with van der Waals surface area (Å²) in [5.74, 6) is -4.19. The first kappa shape index (κ1) is 43.2. The molecule has 0 radical (unpaired) electrons. The van der Waals surface area contributed by atoms with Gasteiger partial charge in [-0.2, -0.15) is 13.2 Å². The number of carbonyl (C=O) groups excluding carboxylic acids is 6. The number of halogens is 7. The zero-order chi connectivity index (χ0) is 45.4. The Bertz CT molecular complexity index is 3080. The number of hydrogen-bond acceptors (Lipinski definition) is 6. The molecule has 0 saturated heterocycles. The van der Waals surface area contributed by atoms with Gasteiger partial charge in [0.15, 0.2) is 0 Å². The van der Waals surface area contributed by atoms with E-state index < -0.39 is 47.2 Å². The summed E-state index contributed by atoms with van der Waals surface area (Å²) in [6.45, 7) is 3.52. The monoisotopic (exact) mass is 928 g/mol. The molecule has 2 N–H and O–H groups in total. The smallest absolute Gasteiger partial charge is 0.321 e. The van der Waals surface area contributed by atoms with Gasteiger partial charge in [-0.15, -0.1) is 0 Å². The molecule has 0 fully saturated rings. The number of rotatable bonds is 7. The van der Waals surface area contributed by atoms with Crippen LogP contribution in [0.2, 0.25) is 20.1 Å². The zero-order valence-electron chi connectivity index (χ0n) is 32.7. The van der Waals surface area contributed by atoms with E-state index in [1.807, 2.05) is 6.92 Å². The average molecular weight is 931 g/mol. The van der Waals surface area contributed by atoms with Gasteiger partial charge >= 0.3 is 6.18 Å². The van der Waals surface area contributed by atoms with Crippen molar-refractivity contribution in [3.8, 4) is 22.3 Å². The molecule has 6 aromatic carbocycles. The van der Waals surface area contributed by atoms with Crippen LogP contribution >= 0.6 is 46.4 Å². The summed E-state index contributed by atoms with van der Waals surface area (Å²) in [4.78, 5) is 80.1. The van der Waals surface area contributed by atoms with E-state index in [2.05, 4.69) is 10.6 Å². The van der Waals surface area contributed by atoms with E-state index in [1.54, 1.807) is 25.1 Å². The summed E-state index contributed by atoms with van der Waals surface area (Å²) >= 11 is 26.5. The number of hydrogen-bond donors (Lipinski definition) is 2. The maximum atomic E-state index is 14.5. The van der Waals surface area contributed by atoms with Gasteiger partial charge in [0.25, 0.3) is 35.4 Å². The van der Waals surface area contributed by atoms with Gasteiger partial charge in [-0.05, 0) is 103 Å². The van der Waals surface area contributed by atoms with E-state index in [0.717, 1.165) is 22.6 Å². The maximum absolute atomic E-state index is 14.5. The van der Waals surface area contributed by atoms with Crippen LogP contribution in [-0.4, -0.2) is 47.4 Å². The normalized spacial score (nSPS) is 13.4. The van der Waals surface area contributed by atoms with Gasteiger partial charge in [0.05, 0.1) is 65.0 Å². The van der Waals surface area contributed by atoms with Crippen LogP contribution in [0.4, 0.5) is 30.2 Å². The molecule has 2 aliphatic rings. The van der Waals surface area contributed by atoms with Crippen molar-refractivity contribution >= 4 is 98.9 Å². The van der Waals surface area contributed by atoms with Gasteiger partial charge < -0.3 is 10.6 Å². The molecule has 2 aliphatic heterocycles. The third-order valence-corrected chi connectivity index (χ3v) is 11.9. The predicted octanol–water partition coefficient (Wildman–Crippen LogP) is 11.8. The Morgan fingerprint density at radius 2 is 0.968 bits per heavy atom. The van der Waals surface area contributed by atoms with Gasteiger partial charge in [0, 0.05) is 29.3 Å². The lowest BCUT2D eigenvalue weighted by atomic mass is 9.94. The standard InChI is InChI=1S/C46H27Cl4F3N4O6/c1-20-4-8-25(21(2)12-20)26-11-7-24(15-33(26)46(51,52)53)57-44(62)28-10-6-23(14-32(28)45(57)63)41(59)55-39-19-35(48)30(17-37(39)50)29-16-36(49)38(18-34(29)47)54-40(58)22-5-9-27-31(13-22)43(61)56(3)42(27)60/h4-19H,1-3H3,(H,54,58)(H,55,59). The minimum atomic E-state index is -4.82. The number of fused-ring (bicyclic) bond motifs is 2. The molecular weight excluding hydrogens is 903 g/mol. The molecule has 6 aromatic rings. The van der Waals surface area contributed by atoms with Crippen molar-refractivity contribution in [2.24, 2.45) is 0 Å². The fraction of sp³-hybridized carbons (Fsp3) is 0.0870. The maximum Gasteiger partial charge on any atom is 0.417 e. The fourth-order valence-corrected chi connectivity index (χ4v) is 8.42. The van der Waals surface area contributed by atoms with Gasteiger partial charge in [0.2, 0.25) is 0 Å². The van der Waals surface area contributed by atoms with Gasteiger partial charge in [-0.3, -0.25) is 33.7 Å². The minimum Gasteiger partial charge on any atom is -0.321 e. The SMILES string of the molecule is Cc1ccc(-c2ccc(N3C(=O)c4ccc(C(=O)Nc5cc(Cl)c(-c6cc(Cl)c(NC(=O)c7ccc8c(c7)C(=O)N(C)C8=O)cc6Cl)cc5Cl)cc4C3=O)cc2C(F)(F)F)c(C)c1. The third kappa shape index (κ3) is 7.71. The molecule has 0 aliphatic carbocycles. The van der Waals surface area contributed by atoms with Crippen molar-refractivity contribution in [3.05, 3.63) is 167 Å². The Balaban J connectivity index is 1.000. The summed E-state index contributed by atoms with van der Waals surface area (Å²) in [6.07, 6.45) is -4.82. The number of benzene rings is 6. The minimum absolute atomic E-state index is 0.00550. The molecule has 0 saturated carbocycles. The van der Waals surface area contributed by atoms with Crippen molar-refractivity contribution < 1.29 is 41.9 Å². The molecular formula is C46H27Cl4F3N4O6. The van der Waals surface area contributed by atoms with E-state index in [0.29, 0.717) is 27.2 Å². The summed E-state index contributed by atoms with van der Waals surface area (Å²) in [7, 11) is 1.34. The highest BCUT2D eigenvalue weighted by atomic mass is 35.5. The molecule has 8 rings (SSSR count). The van der Waals surface area contributed by atoms with Crippen LogP contribution in [0, 0.1) is 13.8 Å². The number of amides is 6. The van der Waals surface area contributed by atoms with Crippen molar-refractivity contribution in [1.29, 1.82) is 0 Å². The number of anilines is 3. The Morgan fingerprint density at radius 1 is 0.508 bits per heavy atom. The first-order valence-corrected chi connectivity index (χ1v) is 20.1. The second-order valence-corrected chi connectivity index (χ2v) is 16.3. The summed E-state index contributed by atoms with van der Waals surface area (Å²) in [5.41, 5.74) is 1.16. The van der Waals surface area contributed by atoms with Crippen LogP contribution in [-0.2, 0) is 6.18 Å². The van der Waals surface area contributed by atoms with Gasteiger partial charge in [-0.1, -0.05) is 76.2 Å². The van der Waals surface area contributed by atoms with Crippen LogP contribution < -0.4 is 15.5 Å². The first-order valence-electron chi connectivity index (χ1n) is 18.6. The molecule has 0 unspecified atom stereocenters. The predicted molar refractivity (Wildman–Crippen MR) is 235 cm³/mol. The van der Waals surface area contributed by atoms with Gasteiger partial charge in [-0.25, -0.2) is 4.90 Å². The quantitative estimate of drug-likeness (QED) is 0.153. The first-order chi connectivity index (χ1) is 29.7. The van der Waals surface area contributed by atoms with Crippen molar-refractivity contribution in [2.45, 2.75) is 20.0 Å². The Kier molecular flexibility index (Phi) is 11.0. The van der Waals surface area contributed by atoms with Crippen molar-refractivity contribution in [2.75, 3.05) is 22.6 Å². The topological polar surface area (TPSA) is 133 Å². The molecule has 6 amide bonds. The van der Waals surface area contributed by atoms with Crippen molar-refractivity contribution in [3.63, 3.8) is 0 Å². The highest BCUT2D eigenvalue weighted by molar-refractivity contribution is 6.41. The highest BCUT2D eigenvalue weighted by Gasteiger charge is 2.40. The fourth-order valence-electron chi connectivity index (χ4n) is 7.46. The summed E-state index contributed by atoms with van der Waals surface area (Å²) in [6, 6.07) is 21.7. The van der Waals surface area contributed by atoms with E-state index in [1.165, 1.54) is 73.8 Å². The third-order valence-electron chi connectivity index (χ3n) is 10.6. The second-order valence-electron chi connectivity index (χ2n) is 14.7. The lowest BCUT2D eigenvalue weighted by Crippen LogP contribution is -2.29. The zero-order valence-corrected chi connectivity index (χ0v) is 35.8.